The Bertz CT molecular complexity index is 1400. The molecule has 1 fully saturated rings. The Labute approximate surface area is 233 Å². The summed E-state index contributed by atoms with van der Waals surface area (Å²) in [4.78, 5) is 27.8. The number of carbonyl (C=O) groups is 2. The molecule has 0 unspecified atom stereocenters. The van der Waals surface area contributed by atoms with Crippen molar-refractivity contribution in [2.45, 2.75) is 33.6 Å². The lowest BCUT2D eigenvalue weighted by Crippen LogP contribution is -2.27. The van der Waals surface area contributed by atoms with Crippen LogP contribution in [0.2, 0.25) is 0 Å². The van der Waals surface area contributed by atoms with Crippen molar-refractivity contribution in [3.05, 3.63) is 88.3 Å². The van der Waals surface area contributed by atoms with Crippen LogP contribution in [0.25, 0.3) is 6.08 Å². The smallest absolute Gasteiger partial charge is 0.270 e. The van der Waals surface area contributed by atoms with Gasteiger partial charge >= 0.3 is 0 Å². The summed E-state index contributed by atoms with van der Waals surface area (Å²) in [5, 5.41) is 2.93. The van der Waals surface area contributed by atoms with E-state index in [4.69, 9.17) is 21.7 Å². The van der Waals surface area contributed by atoms with E-state index in [2.05, 4.69) is 19.2 Å². The second-order valence-corrected chi connectivity index (χ2v) is 10.7. The van der Waals surface area contributed by atoms with Gasteiger partial charge in [0.25, 0.3) is 11.8 Å². The second kappa shape index (κ2) is 12.3. The first-order valence-corrected chi connectivity index (χ1v) is 13.6. The fourth-order valence-electron chi connectivity index (χ4n) is 4.05. The number of rotatable bonds is 9. The van der Waals surface area contributed by atoms with Gasteiger partial charge in [-0.3, -0.25) is 14.5 Å². The first kappa shape index (κ1) is 27.4. The first-order valence-electron chi connectivity index (χ1n) is 12.4. The van der Waals surface area contributed by atoms with Crippen molar-refractivity contribution >= 4 is 57.6 Å². The lowest BCUT2D eigenvalue weighted by atomic mass is 10.0. The molecule has 3 aromatic rings. The predicted octanol–water partition coefficient (Wildman–Crippen LogP) is 6.94. The van der Waals surface area contributed by atoms with Crippen LogP contribution in [0.4, 0.5) is 11.4 Å². The highest BCUT2D eigenvalue weighted by atomic mass is 32.2. The van der Waals surface area contributed by atoms with Gasteiger partial charge in [-0.1, -0.05) is 74.2 Å². The molecule has 4 rings (SSSR count). The standard InChI is InChI=1S/C30H30N2O4S2/c1-5-35-26-16-21(17-27-29(34)32(30(37)38-27)22-10-8-9-20(4)15-22)13-14-25(26)36-18-28(33)31-24-12-7-6-11-23(24)19(2)3/h6-17,19H,5,18H2,1-4H3,(H,31,33)/b27-17-. The van der Waals surface area contributed by atoms with E-state index in [1.54, 1.807) is 23.1 Å². The molecule has 6 nitrogen and oxygen atoms in total. The summed E-state index contributed by atoms with van der Waals surface area (Å²) in [6.07, 6.45) is 1.79. The third-order valence-corrected chi connectivity index (χ3v) is 7.14. The number of benzene rings is 3. The molecule has 1 aliphatic heterocycles. The minimum absolute atomic E-state index is 0.165. The molecule has 196 valence electrons. The summed E-state index contributed by atoms with van der Waals surface area (Å²) >= 11 is 6.76. The van der Waals surface area contributed by atoms with E-state index in [0.717, 1.165) is 28.1 Å². The highest BCUT2D eigenvalue weighted by Gasteiger charge is 2.33. The van der Waals surface area contributed by atoms with E-state index in [0.29, 0.717) is 27.3 Å². The van der Waals surface area contributed by atoms with Crippen molar-refractivity contribution in [1.29, 1.82) is 0 Å². The van der Waals surface area contributed by atoms with Crippen molar-refractivity contribution < 1.29 is 19.1 Å². The zero-order valence-corrected chi connectivity index (χ0v) is 23.4. The minimum Gasteiger partial charge on any atom is -0.490 e. The molecule has 0 bridgehead atoms. The van der Waals surface area contributed by atoms with Crippen LogP contribution in [0.1, 0.15) is 43.4 Å². The molecule has 0 saturated carbocycles. The summed E-state index contributed by atoms with van der Waals surface area (Å²) in [5.74, 6) is 0.794. The van der Waals surface area contributed by atoms with Crippen LogP contribution in [-0.2, 0) is 9.59 Å². The van der Waals surface area contributed by atoms with Crippen LogP contribution in [0.5, 0.6) is 11.5 Å². The van der Waals surface area contributed by atoms with Gasteiger partial charge in [0, 0.05) is 5.69 Å². The molecular weight excluding hydrogens is 516 g/mol. The largest absolute Gasteiger partial charge is 0.490 e. The van der Waals surface area contributed by atoms with Crippen molar-refractivity contribution in [3.63, 3.8) is 0 Å². The molecule has 0 spiro atoms. The Hall–Kier alpha value is -3.62. The van der Waals surface area contributed by atoms with E-state index < -0.39 is 0 Å². The van der Waals surface area contributed by atoms with Crippen LogP contribution >= 0.6 is 24.0 Å². The van der Waals surface area contributed by atoms with Crippen LogP contribution in [0.3, 0.4) is 0 Å². The fourth-order valence-corrected chi connectivity index (χ4v) is 5.35. The van der Waals surface area contributed by atoms with E-state index in [1.807, 2.05) is 68.4 Å². The summed E-state index contributed by atoms with van der Waals surface area (Å²) < 4.78 is 12.1. The number of ether oxygens (including phenoxy) is 2. The van der Waals surface area contributed by atoms with Gasteiger partial charge in [0.2, 0.25) is 0 Å². The van der Waals surface area contributed by atoms with Gasteiger partial charge in [-0.15, -0.1) is 0 Å². The number of carbonyl (C=O) groups excluding carboxylic acids is 2. The number of thioether (sulfide) groups is 1. The summed E-state index contributed by atoms with van der Waals surface area (Å²) in [7, 11) is 0. The van der Waals surface area contributed by atoms with Crippen LogP contribution < -0.4 is 19.7 Å². The highest BCUT2D eigenvalue weighted by Crippen LogP contribution is 2.37. The highest BCUT2D eigenvalue weighted by molar-refractivity contribution is 8.27. The maximum absolute atomic E-state index is 13.2. The molecule has 0 aliphatic carbocycles. The number of hydrogen-bond acceptors (Lipinski definition) is 6. The third kappa shape index (κ3) is 6.44. The Morgan fingerprint density at radius 2 is 1.84 bits per heavy atom. The molecule has 8 heteroatoms. The SMILES string of the molecule is CCOc1cc(/C=C2\SC(=S)N(c3cccc(C)c3)C2=O)ccc1OCC(=O)Nc1ccccc1C(C)C. The number of nitrogens with zero attached hydrogens (tertiary/aromatic N) is 1. The normalized spacial score (nSPS) is 14.3. The van der Waals surface area contributed by atoms with Gasteiger partial charge in [0.05, 0.1) is 17.2 Å². The monoisotopic (exact) mass is 546 g/mol. The molecule has 0 atom stereocenters. The molecule has 0 aromatic heterocycles. The van der Waals surface area contributed by atoms with E-state index in [1.165, 1.54) is 11.8 Å². The molecule has 1 saturated heterocycles. The molecule has 1 heterocycles. The van der Waals surface area contributed by atoms with Gasteiger partial charge in [0.1, 0.15) is 0 Å². The minimum atomic E-state index is -0.260. The predicted molar refractivity (Wildman–Crippen MR) is 159 cm³/mol. The molecule has 2 amide bonds. The average Bonchev–Trinajstić information content (AvgIpc) is 3.16. The molecule has 1 N–H and O–H groups in total. The van der Waals surface area contributed by atoms with Crippen molar-refractivity contribution in [2.75, 3.05) is 23.4 Å². The number of amides is 2. The maximum Gasteiger partial charge on any atom is 0.270 e. The molecule has 38 heavy (non-hydrogen) atoms. The van der Waals surface area contributed by atoms with E-state index >= 15 is 0 Å². The summed E-state index contributed by atoms with van der Waals surface area (Å²) in [6.45, 7) is 8.27. The zero-order valence-electron chi connectivity index (χ0n) is 21.8. The van der Waals surface area contributed by atoms with Crippen molar-refractivity contribution in [2.24, 2.45) is 0 Å². The molecule has 0 radical (unpaired) electrons. The van der Waals surface area contributed by atoms with Gasteiger partial charge in [-0.05, 0) is 72.9 Å². The van der Waals surface area contributed by atoms with Crippen LogP contribution in [0.15, 0.2) is 71.6 Å². The van der Waals surface area contributed by atoms with Gasteiger partial charge in [0.15, 0.2) is 22.4 Å². The summed E-state index contributed by atoms with van der Waals surface area (Å²) in [5.41, 5.74) is 4.41. The molecule has 3 aromatic carbocycles. The number of para-hydroxylation sites is 1. The Kier molecular flexibility index (Phi) is 8.86. The van der Waals surface area contributed by atoms with Gasteiger partial charge in [-0.25, -0.2) is 0 Å². The van der Waals surface area contributed by atoms with Crippen molar-refractivity contribution in [1.82, 2.24) is 0 Å². The Morgan fingerprint density at radius 3 is 2.58 bits per heavy atom. The molecule has 1 aliphatic rings. The number of aryl methyl sites for hydroxylation is 1. The Balaban J connectivity index is 1.48. The lowest BCUT2D eigenvalue weighted by Gasteiger charge is -2.15. The first-order chi connectivity index (χ1) is 18.3. The fraction of sp³-hybridized carbons (Fsp3) is 0.233. The van der Waals surface area contributed by atoms with Gasteiger partial charge in [-0.2, -0.15) is 0 Å². The second-order valence-electron chi connectivity index (χ2n) is 9.07. The number of thiocarbonyl (C=S) groups is 1. The zero-order chi connectivity index (χ0) is 27.2. The van der Waals surface area contributed by atoms with Crippen LogP contribution in [0, 0.1) is 6.92 Å². The van der Waals surface area contributed by atoms with Crippen LogP contribution in [-0.4, -0.2) is 29.3 Å². The topological polar surface area (TPSA) is 67.9 Å². The van der Waals surface area contributed by atoms with Gasteiger partial charge < -0.3 is 14.8 Å². The van der Waals surface area contributed by atoms with E-state index in [-0.39, 0.29) is 24.3 Å². The van der Waals surface area contributed by atoms with E-state index in [9.17, 15) is 9.59 Å². The maximum atomic E-state index is 13.2. The third-order valence-electron chi connectivity index (χ3n) is 5.83. The lowest BCUT2D eigenvalue weighted by molar-refractivity contribution is -0.118. The van der Waals surface area contributed by atoms with Crippen molar-refractivity contribution in [3.8, 4) is 11.5 Å². The average molecular weight is 547 g/mol. The Morgan fingerprint density at radius 1 is 1.05 bits per heavy atom. The number of nitrogens with one attached hydrogen (secondary N) is 1. The number of hydrogen-bond donors (Lipinski definition) is 1. The summed E-state index contributed by atoms with van der Waals surface area (Å²) in [6, 6.07) is 20.8. The number of anilines is 2. The quantitative estimate of drug-likeness (QED) is 0.232. The molecular formula is C30H30N2O4S2.